The fourth-order valence-corrected chi connectivity index (χ4v) is 0.959. The Morgan fingerprint density at radius 2 is 2.08 bits per heavy atom. The van der Waals surface area contributed by atoms with E-state index in [-0.39, 0.29) is 6.61 Å². The molecule has 1 aromatic heterocycles. The molecule has 0 saturated carbocycles. The molecular weight excluding hydrogens is 172 g/mol. The van der Waals surface area contributed by atoms with Crippen LogP contribution in [0.3, 0.4) is 0 Å². The molecule has 0 aliphatic heterocycles. The molecule has 1 rings (SSSR count). The molecule has 5 heteroatoms. The number of rotatable bonds is 4. The highest BCUT2D eigenvalue weighted by atomic mass is 16.5. The monoisotopic (exact) mass is 184 g/mol. The zero-order chi connectivity index (χ0) is 9.68. The van der Waals surface area contributed by atoms with Crippen molar-refractivity contribution in [3.8, 4) is 5.88 Å². The topological polar surface area (TPSA) is 64.5 Å². The highest BCUT2D eigenvalue weighted by Crippen LogP contribution is 2.19. The largest absolute Gasteiger partial charge is 0.480 e. The van der Waals surface area contributed by atoms with Crippen molar-refractivity contribution in [3.05, 3.63) is 18.1 Å². The molecular formula is C8H12N2O3. The maximum absolute atomic E-state index is 9.52. The Labute approximate surface area is 76.4 Å². The molecule has 0 aromatic carbocycles. The zero-order valence-corrected chi connectivity index (χ0v) is 7.60. The van der Waals surface area contributed by atoms with Crippen molar-refractivity contribution in [3.63, 3.8) is 0 Å². The lowest BCUT2D eigenvalue weighted by molar-refractivity contribution is 0.0595. The molecule has 5 nitrogen and oxygen atoms in total. The van der Waals surface area contributed by atoms with E-state index in [0.717, 1.165) is 0 Å². The van der Waals surface area contributed by atoms with Gasteiger partial charge in [0.05, 0.1) is 13.7 Å². The number of methoxy groups -OCH3 is 2. The van der Waals surface area contributed by atoms with Crippen LogP contribution in [0.1, 0.15) is 11.8 Å². The van der Waals surface area contributed by atoms with E-state index in [9.17, 15) is 5.11 Å². The first-order valence-corrected chi connectivity index (χ1v) is 3.81. The summed E-state index contributed by atoms with van der Waals surface area (Å²) in [6.07, 6.45) is 2.20. The minimum atomic E-state index is -0.798. The van der Waals surface area contributed by atoms with Gasteiger partial charge in [0, 0.05) is 19.5 Å². The molecule has 0 aliphatic carbocycles. The Morgan fingerprint density at radius 3 is 2.69 bits per heavy atom. The molecule has 13 heavy (non-hydrogen) atoms. The van der Waals surface area contributed by atoms with Gasteiger partial charge in [-0.2, -0.15) is 0 Å². The second-order valence-corrected chi connectivity index (χ2v) is 2.42. The quantitative estimate of drug-likeness (QED) is 0.722. The van der Waals surface area contributed by atoms with Crippen LogP contribution in [-0.4, -0.2) is 35.9 Å². The van der Waals surface area contributed by atoms with E-state index in [1.807, 2.05) is 0 Å². The summed E-state index contributed by atoms with van der Waals surface area (Å²) in [4.78, 5) is 7.85. The molecule has 0 fully saturated rings. The van der Waals surface area contributed by atoms with E-state index in [1.165, 1.54) is 26.6 Å². The van der Waals surface area contributed by atoms with Crippen molar-refractivity contribution < 1.29 is 14.6 Å². The average molecular weight is 184 g/mol. The Bertz CT molecular complexity index is 267. The van der Waals surface area contributed by atoms with E-state index < -0.39 is 6.10 Å². The third-order valence-electron chi connectivity index (χ3n) is 1.52. The van der Waals surface area contributed by atoms with Crippen LogP contribution in [-0.2, 0) is 4.74 Å². The van der Waals surface area contributed by atoms with Gasteiger partial charge in [-0.15, -0.1) is 0 Å². The number of aromatic nitrogens is 2. The molecule has 72 valence electrons. The SMILES string of the molecule is COCC(O)c1nccnc1OC. The molecule has 0 bridgehead atoms. The first kappa shape index (κ1) is 9.88. The van der Waals surface area contributed by atoms with Crippen LogP contribution in [0, 0.1) is 0 Å². The van der Waals surface area contributed by atoms with Crippen molar-refractivity contribution >= 4 is 0 Å². The average Bonchev–Trinajstić information content (AvgIpc) is 2.18. The first-order chi connectivity index (χ1) is 6.29. The van der Waals surface area contributed by atoms with Crippen LogP contribution in [0.2, 0.25) is 0 Å². The number of hydrogen-bond donors (Lipinski definition) is 1. The lowest BCUT2D eigenvalue weighted by Crippen LogP contribution is -2.09. The molecule has 0 aliphatic rings. The maximum Gasteiger partial charge on any atom is 0.238 e. The first-order valence-electron chi connectivity index (χ1n) is 3.81. The summed E-state index contributed by atoms with van der Waals surface area (Å²) >= 11 is 0. The molecule has 1 aromatic rings. The Morgan fingerprint density at radius 1 is 1.38 bits per heavy atom. The second-order valence-electron chi connectivity index (χ2n) is 2.42. The van der Waals surface area contributed by atoms with Gasteiger partial charge in [0.15, 0.2) is 0 Å². The summed E-state index contributed by atoms with van der Waals surface area (Å²) < 4.78 is 9.71. The van der Waals surface area contributed by atoms with Gasteiger partial charge in [-0.3, -0.25) is 4.98 Å². The number of hydrogen-bond acceptors (Lipinski definition) is 5. The Kier molecular flexibility index (Phi) is 3.60. The van der Waals surface area contributed by atoms with E-state index in [0.29, 0.717) is 11.6 Å². The Hall–Kier alpha value is -1.20. The summed E-state index contributed by atoms with van der Waals surface area (Å²) in [7, 11) is 2.99. The fraction of sp³-hybridized carbons (Fsp3) is 0.500. The van der Waals surface area contributed by atoms with Gasteiger partial charge in [0.1, 0.15) is 11.8 Å². The molecule has 1 unspecified atom stereocenters. The molecule has 0 radical (unpaired) electrons. The van der Waals surface area contributed by atoms with Gasteiger partial charge in [-0.25, -0.2) is 4.98 Å². The molecule has 0 saturated heterocycles. The van der Waals surface area contributed by atoms with Crippen molar-refractivity contribution in [1.29, 1.82) is 0 Å². The van der Waals surface area contributed by atoms with Crippen LogP contribution in [0.4, 0.5) is 0 Å². The van der Waals surface area contributed by atoms with Gasteiger partial charge < -0.3 is 14.6 Å². The summed E-state index contributed by atoms with van der Waals surface area (Å²) in [6, 6.07) is 0. The third-order valence-corrected chi connectivity index (χ3v) is 1.52. The predicted octanol–water partition coefficient (Wildman–Crippen LogP) is 0.165. The number of ether oxygens (including phenoxy) is 2. The van der Waals surface area contributed by atoms with E-state index in [2.05, 4.69) is 9.97 Å². The normalized spacial score (nSPS) is 12.5. The van der Waals surface area contributed by atoms with Crippen molar-refractivity contribution in [1.82, 2.24) is 9.97 Å². The van der Waals surface area contributed by atoms with Gasteiger partial charge in [0.2, 0.25) is 5.88 Å². The summed E-state index contributed by atoms with van der Waals surface area (Å²) in [5.41, 5.74) is 0.395. The van der Waals surface area contributed by atoms with E-state index >= 15 is 0 Å². The van der Waals surface area contributed by atoms with Crippen molar-refractivity contribution in [2.75, 3.05) is 20.8 Å². The van der Waals surface area contributed by atoms with Gasteiger partial charge in [-0.1, -0.05) is 0 Å². The summed E-state index contributed by atoms with van der Waals surface area (Å²) in [5, 5.41) is 9.52. The van der Waals surface area contributed by atoms with Crippen molar-refractivity contribution in [2.24, 2.45) is 0 Å². The Balaban J connectivity index is 2.85. The van der Waals surface area contributed by atoms with Crippen LogP contribution < -0.4 is 4.74 Å². The molecule has 1 atom stereocenters. The highest BCUT2D eigenvalue weighted by molar-refractivity contribution is 5.19. The zero-order valence-electron chi connectivity index (χ0n) is 7.60. The molecule has 1 heterocycles. The minimum Gasteiger partial charge on any atom is -0.480 e. The predicted molar refractivity (Wildman–Crippen MR) is 45.4 cm³/mol. The molecule has 0 spiro atoms. The fourth-order valence-electron chi connectivity index (χ4n) is 0.959. The summed E-state index contributed by atoms with van der Waals surface area (Å²) in [6.45, 7) is 0.176. The number of aliphatic hydroxyl groups excluding tert-OH is 1. The third kappa shape index (κ3) is 2.37. The molecule has 1 N–H and O–H groups in total. The smallest absolute Gasteiger partial charge is 0.238 e. The van der Waals surface area contributed by atoms with Crippen molar-refractivity contribution in [2.45, 2.75) is 6.10 Å². The van der Waals surface area contributed by atoms with Crippen LogP contribution in [0.5, 0.6) is 5.88 Å². The number of nitrogens with zero attached hydrogens (tertiary/aromatic N) is 2. The van der Waals surface area contributed by atoms with Crippen LogP contribution in [0.25, 0.3) is 0 Å². The highest BCUT2D eigenvalue weighted by Gasteiger charge is 2.14. The second kappa shape index (κ2) is 4.74. The standard InChI is InChI=1S/C8H12N2O3/c1-12-5-6(11)7-8(13-2)10-4-3-9-7/h3-4,6,11H,5H2,1-2H3. The van der Waals surface area contributed by atoms with Gasteiger partial charge in [-0.05, 0) is 0 Å². The maximum atomic E-state index is 9.52. The van der Waals surface area contributed by atoms with Crippen LogP contribution >= 0.6 is 0 Å². The van der Waals surface area contributed by atoms with Gasteiger partial charge in [0.25, 0.3) is 0 Å². The minimum absolute atomic E-state index is 0.176. The number of aliphatic hydroxyl groups is 1. The summed E-state index contributed by atoms with van der Waals surface area (Å²) in [5.74, 6) is 0.326. The lowest BCUT2D eigenvalue weighted by atomic mass is 10.3. The van der Waals surface area contributed by atoms with Crippen LogP contribution in [0.15, 0.2) is 12.4 Å². The molecule has 0 amide bonds. The van der Waals surface area contributed by atoms with E-state index in [4.69, 9.17) is 9.47 Å². The lowest BCUT2D eigenvalue weighted by Gasteiger charge is -2.10. The van der Waals surface area contributed by atoms with Gasteiger partial charge >= 0.3 is 0 Å². The van der Waals surface area contributed by atoms with E-state index in [1.54, 1.807) is 0 Å².